The van der Waals surface area contributed by atoms with Crippen molar-refractivity contribution in [1.82, 2.24) is 15.3 Å². The van der Waals surface area contributed by atoms with Crippen molar-refractivity contribution < 1.29 is 9.59 Å². The molecule has 1 amide bonds. The minimum atomic E-state index is -0.301. The van der Waals surface area contributed by atoms with Crippen LogP contribution >= 0.6 is 0 Å². The van der Waals surface area contributed by atoms with Crippen molar-refractivity contribution in [2.24, 2.45) is 5.73 Å². The molecule has 0 spiro atoms. The van der Waals surface area contributed by atoms with E-state index in [1.807, 2.05) is 19.1 Å². The Bertz CT molecular complexity index is 900. The number of nitrogens with one attached hydrogen (secondary N) is 2. The lowest BCUT2D eigenvalue weighted by Gasteiger charge is -2.12. The van der Waals surface area contributed by atoms with Crippen molar-refractivity contribution >= 4 is 17.8 Å². The Morgan fingerprint density at radius 2 is 2.13 bits per heavy atom. The SMILES string of the molecule is CCC(=O)CCCCC[C@H](N)c1[nH]c2nc1C(=O)NCCC/C=C\c1cccc-2c1. The second-order valence-corrected chi connectivity index (χ2v) is 7.87. The van der Waals surface area contributed by atoms with E-state index in [-0.39, 0.29) is 11.9 Å². The summed E-state index contributed by atoms with van der Waals surface area (Å²) in [5.41, 5.74) is 9.57. The first-order chi connectivity index (χ1) is 14.6. The van der Waals surface area contributed by atoms with Crippen LogP contribution in [0.2, 0.25) is 0 Å². The number of fused-ring (bicyclic) bond motifs is 5. The van der Waals surface area contributed by atoms with E-state index in [1.165, 1.54) is 0 Å². The van der Waals surface area contributed by atoms with E-state index in [9.17, 15) is 9.59 Å². The molecule has 6 nitrogen and oxygen atoms in total. The monoisotopic (exact) mass is 408 g/mol. The Balaban J connectivity index is 1.77. The lowest BCUT2D eigenvalue weighted by atomic mass is 10.0. The molecule has 0 saturated heterocycles. The molecular formula is C24H32N4O2. The minimum Gasteiger partial charge on any atom is -0.351 e. The number of unbranched alkanes of at least 4 members (excludes halogenated alkanes) is 2. The van der Waals surface area contributed by atoms with Crippen molar-refractivity contribution in [3.05, 3.63) is 47.3 Å². The Labute approximate surface area is 178 Å². The van der Waals surface area contributed by atoms with Crippen LogP contribution in [0.3, 0.4) is 0 Å². The van der Waals surface area contributed by atoms with Crippen LogP contribution in [0.4, 0.5) is 0 Å². The molecule has 0 aliphatic carbocycles. The van der Waals surface area contributed by atoms with E-state index in [1.54, 1.807) is 0 Å². The van der Waals surface area contributed by atoms with Crippen LogP contribution in [0.25, 0.3) is 17.5 Å². The van der Waals surface area contributed by atoms with Gasteiger partial charge in [0.15, 0.2) is 5.69 Å². The highest BCUT2D eigenvalue weighted by Gasteiger charge is 2.22. The summed E-state index contributed by atoms with van der Waals surface area (Å²) in [5, 5.41) is 2.97. The number of nitrogens with two attached hydrogens (primary N) is 1. The Morgan fingerprint density at radius 1 is 1.27 bits per heavy atom. The quantitative estimate of drug-likeness (QED) is 0.558. The lowest BCUT2D eigenvalue weighted by molar-refractivity contribution is -0.118. The first-order valence-corrected chi connectivity index (χ1v) is 11.0. The fourth-order valence-electron chi connectivity index (χ4n) is 3.66. The van der Waals surface area contributed by atoms with E-state index in [0.29, 0.717) is 42.4 Å². The predicted octanol–water partition coefficient (Wildman–Crippen LogP) is 4.54. The molecule has 1 aliphatic rings. The third-order valence-electron chi connectivity index (χ3n) is 5.49. The van der Waals surface area contributed by atoms with Gasteiger partial charge in [0.1, 0.15) is 11.6 Å². The highest BCUT2D eigenvalue weighted by atomic mass is 16.2. The number of imidazole rings is 1. The highest BCUT2D eigenvalue weighted by molar-refractivity contribution is 5.94. The fraction of sp³-hybridized carbons (Fsp3) is 0.458. The van der Waals surface area contributed by atoms with Gasteiger partial charge in [0.25, 0.3) is 5.91 Å². The summed E-state index contributed by atoms with van der Waals surface area (Å²) in [5.74, 6) is 0.784. The molecular weight excluding hydrogens is 376 g/mol. The van der Waals surface area contributed by atoms with Gasteiger partial charge in [-0.2, -0.15) is 0 Å². The van der Waals surface area contributed by atoms with Gasteiger partial charge in [-0.25, -0.2) is 4.98 Å². The molecule has 160 valence electrons. The second-order valence-electron chi connectivity index (χ2n) is 7.87. The number of H-pyrrole nitrogens is 1. The number of ketones is 1. The summed E-state index contributed by atoms with van der Waals surface area (Å²) >= 11 is 0. The number of carbonyl (C=O) groups excluding carboxylic acids is 2. The summed E-state index contributed by atoms with van der Waals surface area (Å²) in [4.78, 5) is 32.1. The third-order valence-corrected chi connectivity index (χ3v) is 5.49. The van der Waals surface area contributed by atoms with E-state index < -0.39 is 0 Å². The molecule has 4 N–H and O–H groups in total. The largest absolute Gasteiger partial charge is 0.351 e. The summed E-state index contributed by atoms with van der Waals surface area (Å²) in [7, 11) is 0. The smallest absolute Gasteiger partial charge is 0.271 e. The first-order valence-electron chi connectivity index (χ1n) is 11.0. The molecule has 1 aromatic carbocycles. The number of hydrogen-bond donors (Lipinski definition) is 3. The van der Waals surface area contributed by atoms with E-state index in [2.05, 4.69) is 39.6 Å². The maximum Gasteiger partial charge on any atom is 0.271 e. The number of aromatic amines is 1. The van der Waals surface area contributed by atoms with E-state index >= 15 is 0 Å². The zero-order chi connectivity index (χ0) is 21.3. The van der Waals surface area contributed by atoms with E-state index in [4.69, 9.17) is 5.73 Å². The fourth-order valence-corrected chi connectivity index (χ4v) is 3.66. The second kappa shape index (κ2) is 10.9. The van der Waals surface area contributed by atoms with Gasteiger partial charge in [0.2, 0.25) is 0 Å². The Hall–Kier alpha value is -2.73. The van der Waals surface area contributed by atoms with Crippen LogP contribution in [0.15, 0.2) is 30.3 Å². The number of benzene rings is 1. The standard InChI is InChI=1S/C24H32N4O2/c1-2-19(29)13-6-3-7-14-20(25)21-22-24(30)26-15-8-4-5-10-17-11-9-12-18(16-17)23(27-21)28-22/h5,9-12,16,20H,2-4,6-8,13-15,25H2,1H3,(H,26,30)(H,27,28)/b10-5-/t20-/m0/s1. The molecule has 3 rings (SSSR count). The number of allylic oxidation sites excluding steroid dienone is 1. The zero-order valence-electron chi connectivity index (χ0n) is 17.7. The van der Waals surface area contributed by atoms with Gasteiger partial charge >= 0.3 is 0 Å². The highest BCUT2D eigenvalue weighted by Crippen LogP contribution is 2.26. The molecule has 2 heterocycles. The van der Waals surface area contributed by atoms with Crippen LogP contribution in [0, 0.1) is 0 Å². The van der Waals surface area contributed by atoms with Crippen LogP contribution in [0.1, 0.15) is 86.1 Å². The van der Waals surface area contributed by atoms with Crippen molar-refractivity contribution in [1.29, 1.82) is 0 Å². The number of hydrogen-bond acceptors (Lipinski definition) is 4. The van der Waals surface area contributed by atoms with Gasteiger partial charge in [0, 0.05) is 31.0 Å². The molecule has 1 atom stereocenters. The molecule has 0 fully saturated rings. The lowest BCUT2D eigenvalue weighted by Crippen LogP contribution is -2.27. The van der Waals surface area contributed by atoms with Crippen molar-refractivity contribution in [3.8, 4) is 11.4 Å². The van der Waals surface area contributed by atoms with Gasteiger partial charge in [-0.3, -0.25) is 9.59 Å². The summed E-state index contributed by atoms with van der Waals surface area (Å²) in [6.07, 6.45) is 10.7. The molecule has 4 bridgehead atoms. The number of carbonyl (C=O) groups is 2. The van der Waals surface area contributed by atoms with Gasteiger partial charge in [-0.15, -0.1) is 0 Å². The predicted molar refractivity (Wildman–Crippen MR) is 120 cm³/mol. The number of rotatable bonds is 8. The number of aromatic nitrogens is 2. The number of amides is 1. The van der Waals surface area contributed by atoms with Crippen molar-refractivity contribution in [2.75, 3.05) is 6.54 Å². The molecule has 0 saturated carbocycles. The molecule has 6 heteroatoms. The molecule has 1 aromatic heterocycles. The van der Waals surface area contributed by atoms with Crippen molar-refractivity contribution in [2.45, 2.75) is 64.3 Å². The van der Waals surface area contributed by atoms with Crippen LogP contribution in [0.5, 0.6) is 0 Å². The van der Waals surface area contributed by atoms with Gasteiger partial charge in [0.05, 0.1) is 5.69 Å². The van der Waals surface area contributed by atoms with E-state index in [0.717, 1.165) is 49.7 Å². The summed E-state index contributed by atoms with van der Waals surface area (Å²) in [6, 6.07) is 7.80. The average molecular weight is 409 g/mol. The van der Waals surface area contributed by atoms with Gasteiger partial charge in [-0.1, -0.05) is 50.1 Å². The van der Waals surface area contributed by atoms with Crippen LogP contribution in [-0.4, -0.2) is 28.2 Å². The molecule has 30 heavy (non-hydrogen) atoms. The van der Waals surface area contributed by atoms with Gasteiger partial charge < -0.3 is 16.0 Å². The normalized spacial score (nSPS) is 16.0. The average Bonchev–Trinajstić information content (AvgIpc) is 3.21. The van der Waals surface area contributed by atoms with Crippen LogP contribution in [-0.2, 0) is 4.79 Å². The van der Waals surface area contributed by atoms with Crippen LogP contribution < -0.4 is 11.1 Å². The molecule has 2 aromatic rings. The third kappa shape index (κ3) is 5.89. The summed E-state index contributed by atoms with van der Waals surface area (Å²) in [6.45, 7) is 2.50. The molecule has 0 unspecified atom stereocenters. The topological polar surface area (TPSA) is 101 Å². The molecule has 1 aliphatic heterocycles. The van der Waals surface area contributed by atoms with Crippen molar-refractivity contribution in [3.63, 3.8) is 0 Å². The Kier molecular flexibility index (Phi) is 7.97. The maximum atomic E-state index is 12.8. The Morgan fingerprint density at radius 3 is 2.97 bits per heavy atom. The van der Waals surface area contributed by atoms with Gasteiger partial charge in [-0.05, 0) is 37.3 Å². The maximum absolute atomic E-state index is 12.8. The zero-order valence-corrected chi connectivity index (χ0v) is 17.7. The molecule has 0 radical (unpaired) electrons. The number of nitrogens with zero attached hydrogens (tertiary/aromatic N) is 1. The summed E-state index contributed by atoms with van der Waals surface area (Å²) < 4.78 is 0. The minimum absolute atomic E-state index is 0.184. The first kappa shape index (κ1) is 22.0. The number of Topliss-reactive ketones (excluding diaryl/α,β-unsaturated/α-hetero) is 1.